The first kappa shape index (κ1) is 12.9. The first-order valence-electron chi connectivity index (χ1n) is 7.05. The minimum absolute atomic E-state index is 0.0998. The molecule has 2 aromatic heterocycles. The number of H-pyrrole nitrogens is 1. The lowest BCUT2D eigenvalue weighted by Crippen LogP contribution is -2.30. The molecule has 5 nitrogen and oxygen atoms in total. The number of fused-ring (bicyclic) bond motifs is 1. The summed E-state index contributed by atoms with van der Waals surface area (Å²) in [4.78, 5) is 30.8. The summed E-state index contributed by atoms with van der Waals surface area (Å²) in [5.41, 5.74) is 0.863. The van der Waals surface area contributed by atoms with E-state index in [2.05, 4.69) is 9.97 Å². The Balaban J connectivity index is 2.00. The fourth-order valence-corrected chi connectivity index (χ4v) is 2.58. The van der Waals surface area contributed by atoms with E-state index < -0.39 is 11.2 Å². The lowest BCUT2D eigenvalue weighted by Gasteiger charge is -2.09. The van der Waals surface area contributed by atoms with Crippen molar-refractivity contribution in [3.05, 3.63) is 63.1 Å². The summed E-state index contributed by atoms with van der Waals surface area (Å²) in [7, 11) is 0. The average Bonchev–Trinajstić information content (AvgIpc) is 3.32. The van der Waals surface area contributed by atoms with E-state index in [9.17, 15) is 14.0 Å². The molecular weight excluding hydrogens is 285 g/mol. The summed E-state index contributed by atoms with van der Waals surface area (Å²) >= 11 is 0. The molecule has 0 bridgehead atoms. The maximum Gasteiger partial charge on any atom is 0.330 e. The minimum Gasteiger partial charge on any atom is -0.274 e. The third kappa shape index (κ3) is 2.04. The Morgan fingerprint density at radius 1 is 1.09 bits per heavy atom. The maximum absolute atomic E-state index is 13.0. The smallest absolute Gasteiger partial charge is 0.274 e. The van der Waals surface area contributed by atoms with E-state index in [-0.39, 0.29) is 11.9 Å². The molecule has 0 aliphatic heterocycles. The topological polar surface area (TPSA) is 67.8 Å². The minimum atomic E-state index is -0.435. The van der Waals surface area contributed by atoms with Crippen LogP contribution in [0.4, 0.5) is 4.39 Å². The van der Waals surface area contributed by atoms with Crippen LogP contribution < -0.4 is 11.2 Å². The molecule has 1 aliphatic carbocycles. The van der Waals surface area contributed by atoms with E-state index in [1.807, 2.05) is 0 Å². The number of hydrogen-bond donors (Lipinski definition) is 1. The van der Waals surface area contributed by atoms with Crippen molar-refractivity contribution >= 4 is 11.0 Å². The molecule has 0 amide bonds. The lowest BCUT2D eigenvalue weighted by molar-refractivity contribution is 0.628. The van der Waals surface area contributed by atoms with Gasteiger partial charge in [0.2, 0.25) is 0 Å². The zero-order valence-electron chi connectivity index (χ0n) is 11.5. The van der Waals surface area contributed by atoms with Gasteiger partial charge in [0.15, 0.2) is 0 Å². The molecule has 1 aromatic carbocycles. The van der Waals surface area contributed by atoms with Crippen LogP contribution in [-0.4, -0.2) is 14.5 Å². The molecule has 22 heavy (non-hydrogen) atoms. The number of halogens is 1. The van der Waals surface area contributed by atoms with Crippen LogP contribution in [0.15, 0.2) is 46.0 Å². The van der Waals surface area contributed by atoms with Crippen molar-refractivity contribution < 1.29 is 4.39 Å². The summed E-state index contributed by atoms with van der Waals surface area (Å²) in [6.07, 6.45) is 1.81. The normalized spacial score (nSPS) is 14.4. The molecule has 0 radical (unpaired) electrons. The van der Waals surface area contributed by atoms with E-state index in [1.165, 1.54) is 12.1 Å². The highest BCUT2D eigenvalue weighted by atomic mass is 19.1. The Morgan fingerprint density at radius 3 is 2.50 bits per heavy atom. The van der Waals surface area contributed by atoms with Crippen LogP contribution in [0.3, 0.4) is 0 Å². The number of nitrogens with zero attached hydrogens (tertiary/aromatic N) is 2. The Bertz CT molecular complexity index is 985. The van der Waals surface area contributed by atoms with Gasteiger partial charge in [-0.1, -0.05) is 0 Å². The van der Waals surface area contributed by atoms with Crippen molar-refractivity contribution in [2.45, 2.75) is 18.9 Å². The van der Waals surface area contributed by atoms with Gasteiger partial charge in [0.1, 0.15) is 11.5 Å². The molecule has 0 saturated heterocycles. The molecule has 110 valence electrons. The van der Waals surface area contributed by atoms with Crippen LogP contribution >= 0.6 is 0 Å². The predicted octanol–water partition coefficient (Wildman–Crippen LogP) is 2.23. The van der Waals surface area contributed by atoms with Gasteiger partial charge in [0.25, 0.3) is 5.56 Å². The second-order valence-electron chi connectivity index (χ2n) is 5.44. The zero-order valence-corrected chi connectivity index (χ0v) is 11.5. The van der Waals surface area contributed by atoms with Crippen molar-refractivity contribution in [1.82, 2.24) is 14.5 Å². The molecule has 1 N–H and O–H groups in total. The Kier molecular flexibility index (Phi) is 2.72. The zero-order chi connectivity index (χ0) is 15.3. The van der Waals surface area contributed by atoms with E-state index in [0.717, 1.165) is 18.4 Å². The molecule has 6 heteroatoms. The van der Waals surface area contributed by atoms with Gasteiger partial charge in [0, 0.05) is 11.6 Å². The van der Waals surface area contributed by atoms with Crippen molar-refractivity contribution in [2.24, 2.45) is 0 Å². The van der Waals surface area contributed by atoms with E-state index in [0.29, 0.717) is 16.7 Å². The molecule has 0 unspecified atom stereocenters. The fourth-order valence-electron chi connectivity index (χ4n) is 2.58. The third-order valence-corrected chi connectivity index (χ3v) is 3.84. The second-order valence-corrected chi connectivity index (χ2v) is 5.44. The standard InChI is InChI=1S/C16H12FN3O2/c17-10-3-1-9(2-4-10)13-8-7-12-14(18-13)20(11-5-6-11)16(22)19-15(12)21/h1-4,7-8,11H,5-6H2,(H,19,21,22). The van der Waals surface area contributed by atoms with Gasteiger partial charge in [-0.25, -0.2) is 14.2 Å². The molecule has 0 atom stereocenters. The van der Waals surface area contributed by atoms with Gasteiger partial charge in [-0.15, -0.1) is 0 Å². The van der Waals surface area contributed by atoms with Crippen LogP contribution in [-0.2, 0) is 0 Å². The molecule has 4 rings (SSSR count). The van der Waals surface area contributed by atoms with Gasteiger partial charge in [0.05, 0.1) is 11.1 Å². The summed E-state index contributed by atoms with van der Waals surface area (Å²) in [6.45, 7) is 0. The highest BCUT2D eigenvalue weighted by molar-refractivity contribution is 5.77. The van der Waals surface area contributed by atoms with Gasteiger partial charge in [-0.3, -0.25) is 14.3 Å². The quantitative estimate of drug-likeness (QED) is 0.788. The molecule has 2 heterocycles. The number of rotatable bonds is 2. The number of nitrogens with one attached hydrogen (secondary N) is 1. The van der Waals surface area contributed by atoms with Gasteiger partial charge in [-0.05, 0) is 49.2 Å². The van der Waals surface area contributed by atoms with Crippen molar-refractivity contribution in [3.63, 3.8) is 0 Å². The van der Waals surface area contributed by atoms with Crippen LogP contribution in [0.2, 0.25) is 0 Å². The number of aromatic nitrogens is 3. The average molecular weight is 297 g/mol. The van der Waals surface area contributed by atoms with Crippen LogP contribution in [0.25, 0.3) is 22.3 Å². The van der Waals surface area contributed by atoms with E-state index in [1.54, 1.807) is 28.8 Å². The van der Waals surface area contributed by atoms with Gasteiger partial charge >= 0.3 is 5.69 Å². The van der Waals surface area contributed by atoms with Gasteiger partial charge < -0.3 is 0 Å². The number of pyridine rings is 1. The molecule has 0 spiro atoms. The highest BCUT2D eigenvalue weighted by Crippen LogP contribution is 2.35. The van der Waals surface area contributed by atoms with Gasteiger partial charge in [-0.2, -0.15) is 0 Å². The highest BCUT2D eigenvalue weighted by Gasteiger charge is 2.27. The Labute approximate surface area is 124 Å². The molecule has 1 fully saturated rings. The monoisotopic (exact) mass is 297 g/mol. The predicted molar refractivity (Wildman–Crippen MR) is 80.3 cm³/mol. The largest absolute Gasteiger partial charge is 0.330 e. The van der Waals surface area contributed by atoms with Crippen LogP contribution in [0.5, 0.6) is 0 Å². The first-order valence-corrected chi connectivity index (χ1v) is 7.05. The Hall–Kier alpha value is -2.76. The second kappa shape index (κ2) is 4.62. The number of aromatic amines is 1. The lowest BCUT2D eigenvalue weighted by atomic mass is 10.1. The third-order valence-electron chi connectivity index (χ3n) is 3.84. The fraction of sp³-hybridized carbons (Fsp3) is 0.188. The summed E-state index contributed by atoms with van der Waals surface area (Å²) in [6, 6.07) is 9.40. The Morgan fingerprint density at radius 2 is 1.82 bits per heavy atom. The van der Waals surface area contributed by atoms with Crippen molar-refractivity contribution in [1.29, 1.82) is 0 Å². The SMILES string of the molecule is O=c1[nH]c(=O)n(C2CC2)c2nc(-c3ccc(F)cc3)ccc12. The maximum atomic E-state index is 13.0. The molecular formula is C16H12FN3O2. The van der Waals surface area contributed by atoms with Crippen molar-refractivity contribution in [3.8, 4) is 11.3 Å². The summed E-state index contributed by atoms with van der Waals surface area (Å²) in [5.74, 6) is -0.323. The van der Waals surface area contributed by atoms with E-state index in [4.69, 9.17) is 0 Å². The first-order chi connectivity index (χ1) is 10.6. The number of hydrogen-bond acceptors (Lipinski definition) is 3. The van der Waals surface area contributed by atoms with Crippen LogP contribution in [0, 0.1) is 5.82 Å². The van der Waals surface area contributed by atoms with Crippen LogP contribution in [0.1, 0.15) is 18.9 Å². The van der Waals surface area contributed by atoms with E-state index >= 15 is 0 Å². The number of benzene rings is 1. The summed E-state index contributed by atoms with van der Waals surface area (Å²) < 4.78 is 14.6. The van der Waals surface area contributed by atoms with Crippen molar-refractivity contribution in [2.75, 3.05) is 0 Å². The molecule has 1 saturated carbocycles. The molecule has 3 aromatic rings. The summed E-state index contributed by atoms with van der Waals surface area (Å²) in [5, 5.41) is 0.386. The molecule has 1 aliphatic rings.